The van der Waals surface area contributed by atoms with E-state index in [1.54, 1.807) is 6.08 Å². The van der Waals surface area contributed by atoms with Crippen molar-refractivity contribution in [3.63, 3.8) is 0 Å². The SMILES string of the molecule is C=CCCl.Cl.N. The minimum atomic E-state index is 0. The lowest BCUT2D eigenvalue weighted by Gasteiger charge is -1.55. The zero-order valence-corrected chi connectivity index (χ0v) is 5.06. The van der Waals surface area contributed by atoms with Crippen LogP contribution in [-0.4, -0.2) is 5.88 Å². The van der Waals surface area contributed by atoms with Crippen LogP contribution in [0.5, 0.6) is 0 Å². The van der Waals surface area contributed by atoms with Crippen LogP contribution < -0.4 is 6.15 Å². The van der Waals surface area contributed by atoms with Gasteiger partial charge in [-0.2, -0.15) is 0 Å². The van der Waals surface area contributed by atoms with E-state index in [2.05, 4.69) is 6.58 Å². The first-order valence-corrected chi connectivity index (χ1v) is 1.62. The third-order valence-electron chi connectivity index (χ3n) is 0.109. The minimum absolute atomic E-state index is 0. The summed E-state index contributed by atoms with van der Waals surface area (Å²) in [6.45, 7) is 3.35. The van der Waals surface area contributed by atoms with E-state index in [4.69, 9.17) is 11.6 Å². The summed E-state index contributed by atoms with van der Waals surface area (Å²) in [6, 6.07) is 0. The van der Waals surface area contributed by atoms with E-state index in [9.17, 15) is 0 Å². The number of rotatable bonds is 1. The van der Waals surface area contributed by atoms with E-state index in [0.717, 1.165) is 0 Å². The van der Waals surface area contributed by atoms with Crippen LogP contribution in [0.1, 0.15) is 0 Å². The van der Waals surface area contributed by atoms with Gasteiger partial charge in [-0.15, -0.1) is 30.6 Å². The Bertz CT molecular complexity index is 22.8. The van der Waals surface area contributed by atoms with E-state index >= 15 is 0 Å². The Labute approximate surface area is 49.4 Å². The Morgan fingerprint density at radius 1 is 1.67 bits per heavy atom. The highest BCUT2D eigenvalue weighted by Gasteiger charge is 1.48. The van der Waals surface area contributed by atoms with Crippen molar-refractivity contribution < 1.29 is 0 Å². The molecule has 0 aromatic rings. The Balaban J connectivity index is -0.0000000450. The number of allylic oxidation sites excluding steroid dienone is 1. The van der Waals surface area contributed by atoms with Crippen molar-refractivity contribution in [2.24, 2.45) is 0 Å². The fourth-order valence-electron chi connectivity index (χ4n) is 0. The maximum Gasteiger partial charge on any atom is 0.0401 e. The average molecular weight is 130 g/mol. The van der Waals surface area contributed by atoms with Crippen LogP contribution in [0, 0.1) is 0 Å². The zero-order chi connectivity index (χ0) is 3.41. The quantitative estimate of drug-likeness (QED) is 0.427. The predicted octanol–water partition coefficient (Wildman–Crippen LogP) is 1.99. The number of alkyl halides is 1. The maximum absolute atomic E-state index is 5.07. The summed E-state index contributed by atoms with van der Waals surface area (Å²) in [5.41, 5.74) is 0. The number of hydrogen-bond donors (Lipinski definition) is 1. The summed E-state index contributed by atoms with van der Waals surface area (Å²) in [6.07, 6.45) is 1.64. The van der Waals surface area contributed by atoms with Crippen molar-refractivity contribution >= 4 is 24.0 Å². The van der Waals surface area contributed by atoms with Crippen molar-refractivity contribution in [2.45, 2.75) is 0 Å². The molecular formula is C3H9Cl2N. The third kappa shape index (κ3) is 28.1. The van der Waals surface area contributed by atoms with Crippen molar-refractivity contribution in [3.8, 4) is 0 Å². The molecule has 0 heterocycles. The molecule has 40 valence electrons. The first kappa shape index (κ1) is 16.3. The summed E-state index contributed by atoms with van der Waals surface area (Å²) >= 11 is 5.07. The van der Waals surface area contributed by atoms with Crippen LogP contribution >= 0.6 is 24.0 Å². The van der Waals surface area contributed by atoms with Gasteiger partial charge in [-0.3, -0.25) is 0 Å². The van der Waals surface area contributed by atoms with Gasteiger partial charge in [0.25, 0.3) is 0 Å². The lowest BCUT2D eigenvalue weighted by atomic mass is 10.8. The summed E-state index contributed by atoms with van der Waals surface area (Å²) in [7, 11) is 0. The fraction of sp³-hybridized carbons (Fsp3) is 0.333. The summed E-state index contributed by atoms with van der Waals surface area (Å²) in [5.74, 6) is 0.556. The van der Waals surface area contributed by atoms with Gasteiger partial charge in [0.15, 0.2) is 0 Å². The molecule has 6 heavy (non-hydrogen) atoms. The standard InChI is InChI=1S/C3H5Cl.ClH.H3N/c1-2-3-4;;/h2H,1,3H2;1H;1H3. The van der Waals surface area contributed by atoms with E-state index in [1.807, 2.05) is 0 Å². The van der Waals surface area contributed by atoms with E-state index in [-0.39, 0.29) is 18.6 Å². The van der Waals surface area contributed by atoms with E-state index in [1.165, 1.54) is 0 Å². The molecule has 0 aromatic carbocycles. The third-order valence-corrected chi connectivity index (χ3v) is 0.327. The van der Waals surface area contributed by atoms with Gasteiger partial charge in [-0.05, 0) is 0 Å². The molecule has 0 rings (SSSR count). The second-order valence-corrected chi connectivity index (χ2v) is 0.752. The highest BCUT2D eigenvalue weighted by molar-refractivity contribution is 6.18. The van der Waals surface area contributed by atoms with Crippen LogP contribution in [0.3, 0.4) is 0 Å². The minimum Gasteiger partial charge on any atom is -0.344 e. The lowest BCUT2D eigenvalue weighted by molar-refractivity contribution is 1.80. The first-order valence-electron chi connectivity index (χ1n) is 1.08. The fourth-order valence-corrected chi connectivity index (χ4v) is 0. The molecule has 0 saturated heterocycles. The van der Waals surface area contributed by atoms with Gasteiger partial charge in [0.05, 0.1) is 0 Å². The molecule has 0 amide bonds. The topological polar surface area (TPSA) is 35.0 Å². The molecule has 0 saturated carbocycles. The monoisotopic (exact) mass is 129 g/mol. The van der Waals surface area contributed by atoms with Gasteiger partial charge >= 0.3 is 0 Å². The van der Waals surface area contributed by atoms with Gasteiger partial charge in [-0.25, -0.2) is 0 Å². The van der Waals surface area contributed by atoms with Gasteiger partial charge in [-0.1, -0.05) is 6.08 Å². The van der Waals surface area contributed by atoms with Crippen molar-refractivity contribution in [1.82, 2.24) is 6.15 Å². The van der Waals surface area contributed by atoms with Gasteiger partial charge in [0, 0.05) is 5.88 Å². The van der Waals surface area contributed by atoms with Crippen LogP contribution in [0.15, 0.2) is 12.7 Å². The van der Waals surface area contributed by atoms with E-state index < -0.39 is 0 Å². The normalized spacial score (nSPS) is 4.17. The van der Waals surface area contributed by atoms with Crippen LogP contribution in [0.25, 0.3) is 0 Å². The zero-order valence-electron chi connectivity index (χ0n) is 3.48. The number of hydrogen-bond acceptors (Lipinski definition) is 1. The predicted molar refractivity (Wildman–Crippen MR) is 33.2 cm³/mol. The molecule has 0 aliphatic carbocycles. The van der Waals surface area contributed by atoms with Crippen LogP contribution in [-0.2, 0) is 0 Å². The maximum atomic E-state index is 5.07. The summed E-state index contributed by atoms with van der Waals surface area (Å²) < 4.78 is 0. The summed E-state index contributed by atoms with van der Waals surface area (Å²) in [4.78, 5) is 0. The molecule has 0 aliphatic heterocycles. The molecule has 1 nitrogen and oxygen atoms in total. The molecule has 0 unspecified atom stereocenters. The number of halogens is 2. The van der Waals surface area contributed by atoms with Gasteiger partial charge in [0.2, 0.25) is 0 Å². The lowest BCUT2D eigenvalue weighted by Crippen LogP contribution is -1.45. The Morgan fingerprint density at radius 2 is 1.83 bits per heavy atom. The first-order chi connectivity index (χ1) is 1.91. The Hall–Kier alpha value is 0.280. The molecule has 0 atom stereocenters. The smallest absolute Gasteiger partial charge is 0.0401 e. The van der Waals surface area contributed by atoms with Crippen molar-refractivity contribution in [2.75, 3.05) is 5.88 Å². The average Bonchev–Trinajstić information content (AvgIpc) is 1.37. The van der Waals surface area contributed by atoms with Gasteiger partial charge < -0.3 is 6.15 Å². The molecule has 3 N–H and O–H groups in total. The highest BCUT2D eigenvalue weighted by Crippen LogP contribution is 1.67. The van der Waals surface area contributed by atoms with Crippen LogP contribution in [0.4, 0.5) is 0 Å². The van der Waals surface area contributed by atoms with Crippen LogP contribution in [0.2, 0.25) is 0 Å². The highest BCUT2D eigenvalue weighted by atomic mass is 35.5. The molecular weight excluding hydrogens is 121 g/mol. The molecule has 0 fully saturated rings. The molecule has 0 aliphatic rings. The molecule has 3 heteroatoms. The van der Waals surface area contributed by atoms with Crippen molar-refractivity contribution in [1.29, 1.82) is 0 Å². The molecule has 0 radical (unpaired) electrons. The largest absolute Gasteiger partial charge is 0.344 e. The van der Waals surface area contributed by atoms with Gasteiger partial charge in [0.1, 0.15) is 0 Å². The second-order valence-electron chi connectivity index (χ2n) is 0.443. The summed E-state index contributed by atoms with van der Waals surface area (Å²) in [5, 5.41) is 0. The molecule has 0 spiro atoms. The molecule has 0 aromatic heterocycles. The second kappa shape index (κ2) is 18.6. The van der Waals surface area contributed by atoms with E-state index in [0.29, 0.717) is 5.88 Å². The van der Waals surface area contributed by atoms with Crippen molar-refractivity contribution in [3.05, 3.63) is 12.7 Å². The Morgan fingerprint density at radius 3 is 1.83 bits per heavy atom. The molecule has 0 bridgehead atoms. The Kier molecular flexibility index (Phi) is 50.5.